The van der Waals surface area contributed by atoms with Crippen LogP contribution in [0.1, 0.15) is 23.2 Å². The van der Waals surface area contributed by atoms with Crippen molar-refractivity contribution < 1.29 is 9.72 Å². The molecule has 2 heterocycles. The zero-order chi connectivity index (χ0) is 19.4. The lowest BCUT2D eigenvalue weighted by atomic mass is 10.1. The van der Waals surface area contributed by atoms with Gasteiger partial charge in [-0.25, -0.2) is 0 Å². The summed E-state index contributed by atoms with van der Waals surface area (Å²) in [6, 6.07) is 9.53. The van der Waals surface area contributed by atoms with Gasteiger partial charge >= 0.3 is 5.82 Å². The van der Waals surface area contributed by atoms with E-state index in [1.54, 1.807) is 24.0 Å². The Bertz CT molecular complexity index is 975. The normalized spacial score (nSPS) is 10.7. The molecule has 0 atom stereocenters. The SMILES string of the molecule is Cc1cccc(Cn2cc(NC(=O)CCn3nc([N+](=O)[O-])cc3C)cn2)c1. The number of carbonyl (C=O) groups excluding carboxylic acids is 1. The molecule has 0 saturated heterocycles. The van der Waals surface area contributed by atoms with Gasteiger partial charge in [0.25, 0.3) is 0 Å². The average Bonchev–Trinajstić information content (AvgIpc) is 3.19. The van der Waals surface area contributed by atoms with Gasteiger partial charge in [-0.3, -0.25) is 9.48 Å². The minimum Gasteiger partial charge on any atom is -0.358 e. The smallest absolute Gasteiger partial charge is 0.358 e. The van der Waals surface area contributed by atoms with Crippen LogP contribution in [0, 0.1) is 24.0 Å². The van der Waals surface area contributed by atoms with Crippen LogP contribution in [0.25, 0.3) is 0 Å². The molecule has 1 N–H and O–H groups in total. The number of nitro groups is 1. The van der Waals surface area contributed by atoms with E-state index in [0.29, 0.717) is 17.9 Å². The topological polar surface area (TPSA) is 108 Å². The molecule has 9 nitrogen and oxygen atoms in total. The number of nitrogens with zero attached hydrogens (tertiary/aromatic N) is 5. The molecule has 3 rings (SSSR count). The van der Waals surface area contributed by atoms with Crippen LogP contribution in [0.2, 0.25) is 0 Å². The highest BCUT2D eigenvalue weighted by molar-refractivity contribution is 5.90. The summed E-state index contributed by atoms with van der Waals surface area (Å²) in [5.74, 6) is -0.423. The Hall–Kier alpha value is -3.49. The lowest BCUT2D eigenvalue weighted by Gasteiger charge is -2.03. The Kier molecular flexibility index (Phi) is 5.30. The van der Waals surface area contributed by atoms with E-state index in [1.807, 2.05) is 25.1 Å². The molecule has 0 fully saturated rings. The molecule has 0 aliphatic rings. The lowest BCUT2D eigenvalue weighted by Crippen LogP contribution is -2.15. The van der Waals surface area contributed by atoms with E-state index in [0.717, 1.165) is 5.56 Å². The van der Waals surface area contributed by atoms with E-state index in [-0.39, 0.29) is 24.7 Å². The standard InChI is InChI=1S/C18H20N6O3/c1-13-4-3-5-15(8-13)11-22-12-16(10-19-22)20-18(25)6-7-23-14(2)9-17(21-23)24(26)27/h3-5,8-10,12H,6-7,11H2,1-2H3,(H,20,25). The fourth-order valence-electron chi connectivity index (χ4n) is 2.75. The number of hydrogen-bond donors (Lipinski definition) is 1. The van der Waals surface area contributed by atoms with Crippen molar-refractivity contribution in [2.45, 2.75) is 33.4 Å². The van der Waals surface area contributed by atoms with E-state index in [4.69, 9.17) is 0 Å². The molecule has 1 aromatic carbocycles. The quantitative estimate of drug-likeness (QED) is 0.509. The fourth-order valence-corrected chi connectivity index (χ4v) is 2.75. The second-order valence-corrected chi connectivity index (χ2v) is 6.34. The molecule has 2 aromatic heterocycles. The van der Waals surface area contributed by atoms with E-state index in [1.165, 1.54) is 16.3 Å². The Morgan fingerprint density at radius 3 is 2.81 bits per heavy atom. The van der Waals surface area contributed by atoms with Crippen LogP contribution in [-0.4, -0.2) is 30.4 Å². The van der Waals surface area contributed by atoms with Gasteiger partial charge in [0.1, 0.15) is 0 Å². The van der Waals surface area contributed by atoms with E-state index >= 15 is 0 Å². The summed E-state index contributed by atoms with van der Waals surface area (Å²) < 4.78 is 3.21. The van der Waals surface area contributed by atoms with Gasteiger partial charge in [0.05, 0.1) is 41.8 Å². The molecule has 0 aliphatic carbocycles. The summed E-state index contributed by atoms with van der Waals surface area (Å²) in [4.78, 5) is 22.3. The van der Waals surface area contributed by atoms with Crippen LogP contribution >= 0.6 is 0 Å². The van der Waals surface area contributed by atoms with Crippen LogP contribution in [0.4, 0.5) is 11.5 Å². The zero-order valence-electron chi connectivity index (χ0n) is 15.1. The number of aromatic nitrogens is 4. The highest BCUT2D eigenvalue weighted by Gasteiger charge is 2.16. The first kappa shape index (κ1) is 18.3. The van der Waals surface area contributed by atoms with Crippen LogP contribution in [0.3, 0.4) is 0 Å². The summed E-state index contributed by atoms with van der Waals surface area (Å²) in [7, 11) is 0. The molecular formula is C18H20N6O3. The summed E-state index contributed by atoms with van der Waals surface area (Å²) in [6.45, 7) is 4.64. The number of carbonyl (C=O) groups is 1. The molecule has 0 bridgehead atoms. The Morgan fingerprint density at radius 1 is 1.30 bits per heavy atom. The van der Waals surface area contributed by atoms with E-state index in [2.05, 4.69) is 21.6 Å². The van der Waals surface area contributed by atoms with Crippen molar-refractivity contribution in [1.29, 1.82) is 0 Å². The number of amides is 1. The molecule has 140 valence electrons. The van der Waals surface area contributed by atoms with Crippen LogP contribution in [0.15, 0.2) is 42.7 Å². The van der Waals surface area contributed by atoms with Gasteiger partial charge in [0.2, 0.25) is 5.91 Å². The number of rotatable bonds is 7. The minimum absolute atomic E-state index is 0.155. The van der Waals surface area contributed by atoms with Gasteiger partial charge in [0, 0.05) is 12.6 Å². The van der Waals surface area contributed by atoms with Crippen LogP contribution < -0.4 is 5.32 Å². The predicted molar refractivity (Wildman–Crippen MR) is 99.4 cm³/mol. The van der Waals surface area contributed by atoms with E-state index in [9.17, 15) is 14.9 Å². The first-order valence-electron chi connectivity index (χ1n) is 8.47. The van der Waals surface area contributed by atoms with Crippen molar-refractivity contribution in [3.8, 4) is 0 Å². The third kappa shape index (κ3) is 4.78. The molecule has 3 aromatic rings. The molecular weight excluding hydrogens is 348 g/mol. The molecule has 9 heteroatoms. The maximum Gasteiger partial charge on any atom is 0.390 e. The van der Waals surface area contributed by atoms with Gasteiger partial charge in [-0.15, -0.1) is 0 Å². The minimum atomic E-state index is -0.549. The van der Waals surface area contributed by atoms with Gasteiger partial charge in [0.15, 0.2) is 0 Å². The van der Waals surface area contributed by atoms with Crippen LogP contribution in [0.5, 0.6) is 0 Å². The summed E-state index contributed by atoms with van der Waals surface area (Å²) in [5.41, 5.74) is 3.56. The molecule has 0 spiro atoms. The average molecular weight is 368 g/mol. The zero-order valence-corrected chi connectivity index (χ0v) is 15.1. The van der Waals surface area contributed by atoms with Crippen molar-refractivity contribution in [1.82, 2.24) is 19.6 Å². The number of benzene rings is 1. The summed E-state index contributed by atoms with van der Waals surface area (Å²) in [5, 5.41) is 21.6. The summed E-state index contributed by atoms with van der Waals surface area (Å²) >= 11 is 0. The predicted octanol–water partition coefficient (Wildman–Crippen LogP) is 2.68. The Labute approximate surface area is 155 Å². The largest absolute Gasteiger partial charge is 0.390 e. The third-order valence-electron chi connectivity index (χ3n) is 4.05. The second-order valence-electron chi connectivity index (χ2n) is 6.34. The van der Waals surface area contributed by atoms with E-state index < -0.39 is 4.92 Å². The maximum atomic E-state index is 12.1. The Morgan fingerprint density at radius 2 is 2.11 bits per heavy atom. The monoisotopic (exact) mass is 368 g/mol. The first-order chi connectivity index (χ1) is 12.9. The van der Waals surface area contributed by atoms with Crippen molar-refractivity contribution in [3.05, 3.63) is 69.7 Å². The molecule has 0 saturated carbocycles. The van der Waals surface area contributed by atoms with Gasteiger partial charge < -0.3 is 15.4 Å². The summed E-state index contributed by atoms with van der Waals surface area (Å²) in [6.07, 6.45) is 3.52. The third-order valence-corrected chi connectivity index (χ3v) is 4.05. The molecule has 1 amide bonds. The first-order valence-corrected chi connectivity index (χ1v) is 8.47. The van der Waals surface area contributed by atoms with Crippen molar-refractivity contribution in [2.24, 2.45) is 0 Å². The molecule has 0 unspecified atom stereocenters. The molecule has 0 aliphatic heterocycles. The van der Waals surface area contributed by atoms with Gasteiger partial charge in [-0.2, -0.15) is 9.78 Å². The Balaban J connectivity index is 1.54. The number of anilines is 1. The van der Waals surface area contributed by atoms with Crippen LogP contribution in [-0.2, 0) is 17.9 Å². The highest BCUT2D eigenvalue weighted by atomic mass is 16.6. The van der Waals surface area contributed by atoms with Gasteiger partial charge in [-0.05, 0) is 24.3 Å². The second kappa shape index (κ2) is 7.81. The number of nitrogens with one attached hydrogen (secondary N) is 1. The van der Waals surface area contributed by atoms with Crippen molar-refractivity contribution in [2.75, 3.05) is 5.32 Å². The lowest BCUT2D eigenvalue weighted by molar-refractivity contribution is -0.389. The van der Waals surface area contributed by atoms with Gasteiger partial charge in [-0.1, -0.05) is 29.8 Å². The fraction of sp³-hybridized carbons (Fsp3) is 0.278. The molecule has 27 heavy (non-hydrogen) atoms. The molecule has 0 radical (unpaired) electrons. The highest BCUT2D eigenvalue weighted by Crippen LogP contribution is 2.13. The number of hydrogen-bond acceptors (Lipinski definition) is 5. The van der Waals surface area contributed by atoms with Crippen molar-refractivity contribution in [3.63, 3.8) is 0 Å². The number of aryl methyl sites for hydroxylation is 3. The van der Waals surface area contributed by atoms with Crippen molar-refractivity contribution >= 4 is 17.4 Å². The maximum absolute atomic E-state index is 12.1.